The Morgan fingerprint density at radius 2 is 2.15 bits per heavy atom. The molecule has 1 aromatic carbocycles. The molecule has 0 atom stereocenters. The van der Waals surface area contributed by atoms with E-state index >= 15 is 0 Å². The highest BCUT2D eigenvalue weighted by molar-refractivity contribution is 7.89. The Morgan fingerprint density at radius 1 is 1.40 bits per heavy atom. The average Bonchev–Trinajstić information content (AvgIpc) is 2.82. The molecule has 0 unspecified atom stereocenters. The first-order valence-electron chi connectivity index (χ1n) is 5.84. The van der Waals surface area contributed by atoms with Gasteiger partial charge in [0.25, 0.3) is 0 Å². The van der Waals surface area contributed by atoms with Crippen LogP contribution in [-0.4, -0.2) is 13.4 Å². The number of sulfonamides is 1. The molecule has 0 saturated heterocycles. The Labute approximate surface area is 117 Å². The van der Waals surface area contributed by atoms with Crippen LogP contribution in [0.2, 0.25) is 0 Å². The summed E-state index contributed by atoms with van der Waals surface area (Å²) < 4.78 is 31.8. The van der Waals surface area contributed by atoms with Gasteiger partial charge in [0.15, 0.2) is 0 Å². The fraction of sp³-hybridized carbons (Fsp3) is 0.231. The SMILES string of the molecule is Cc1cnc(CNS(=O)(=O)c2ccc(C#N)c(C)c2)o1. The van der Waals surface area contributed by atoms with Gasteiger partial charge in [-0.25, -0.2) is 18.1 Å². The molecule has 0 aliphatic carbocycles. The van der Waals surface area contributed by atoms with Crippen molar-refractivity contribution in [2.75, 3.05) is 0 Å². The standard InChI is InChI=1S/C13H13N3O3S/c1-9-5-12(4-3-11(9)6-14)20(17,18)16-8-13-15-7-10(2)19-13/h3-5,7,16H,8H2,1-2H3. The van der Waals surface area contributed by atoms with Gasteiger partial charge in [0.2, 0.25) is 15.9 Å². The monoisotopic (exact) mass is 291 g/mol. The molecule has 1 heterocycles. The molecule has 7 heteroatoms. The first-order chi connectivity index (χ1) is 9.42. The molecule has 20 heavy (non-hydrogen) atoms. The summed E-state index contributed by atoms with van der Waals surface area (Å²) >= 11 is 0. The van der Waals surface area contributed by atoms with E-state index in [1.54, 1.807) is 13.8 Å². The molecule has 0 spiro atoms. The molecule has 0 saturated carbocycles. The van der Waals surface area contributed by atoms with Gasteiger partial charge in [-0.3, -0.25) is 0 Å². The van der Waals surface area contributed by atoms with Gasteiger partial charge in [0.1, 0.15) is 5.76 Å². The van der Waals surface area contributed by atoms with E-state index in [-0.39, 0.29) is 11.4 Å². The fourth-order valence-electron chi connectivity index (χ4n) is 1.65. The lowest BCUT2D eigenvalue weighted by molar-refractivity contribution is 0.463. The van der Waals surface area contributed by atoms with Crippen LogP contribution in [0.1, 0.15) is 22.8 Å². The lowest BCUT2D eigenvalue weighted by Gasteiger charge is -2.06. The number of nitrogens with zero attached hydrogens (tertiary/aromatic N) is 2. The first kappa shape index (κ1) is 14.2. The average molecular weight is 291 g/mol. The Morgan fingerprint density at radius 3 is 2.70 bits per heavy atom. The predicted molar refractivity (Wildman–Crippen MR) is 71.2 cm³/mol. The lowest BCUT2D eigenvalue weighted by Crippen LogP contribution is -2.23. The molecule has 2 rings (SSSR count). The minimum atomic E-state index is -3.66. The Bertz CT molecular complexity index is 772. The number of hydrogen-bond acceptors (Lipinski definition) is 5. The van der Waals surface area contributed by atoms with E-state index < -0.39 is 10.0 Å². The Balaban J connectivity index is 2.18. The van der Waals surface area contributed by atoms with Gasteiger partial charge >= 0.3 is 0 Å². The third-order valence-corrected chi connectivity index (χ3v) is 4.11. The zero-order valence-corrected chi connectivity index (χ0v) is 11.9. The summed E-state index contributed by atoms with van der Waals surface area (Å²) in [7, 11) is -3.66. The maximum atomic E-state index is 12.1. The number of aromatic nitrogens is 1. The molecule has 0 aliphatic rings. The van der Waals surface area contributed by atoms with E-state index in [1.165, 1.54) is 24.4 Å². The molecule has 0 bridgehead atoms. The summed E-state index contributed by atoms with van der Waals surface area (Å²) in [5.74, 6) is 0.921. The van der Waals surface area contributed by atoms with Gasteiger partial charge in [-0.2, -0.15) is 5.26 Å². The van der Waals surface area contributed by atoms with Crippen molar-refractivity contribution in [2.24, 2.45) is 0 Å². The maximum Gasteiger partial charge on any atom is 0.241 e. The summed E-state index contributed by atoms with van der Waals surface area (Å²) in [6.07, 6.45) is 1.52. The van der Waals surface area contributed by atoms with Crippen LogP contribution >= 0.6 is 0 Å². The molecular weight excluding hydrogens is 278 g/mol. The Hall–Kier alpha value is -2.17. The number of aryl methyl sites for hydroxylation is 2. The van der Waals surface area contributed by atoms with Crippen molar-refractivity contribution in [3.63, 3.8) is 0 Å². The normalized spacial score (nSPS) is 11.2. The number of rotatable bonds is 4. The van der Waals surface area contributed by atoms with Gasteiger partial charge in [-0.05, 0) is 37.6 Å². The molecule has 1 N–H and O–H groups in total. The predicted octanol–water partition coefficient (Wildman–Crippen LogP) is 1.64. The van der Waals surface area contributed by atoms with Crippen LogP contribution < -0.4 is 4.72 Å². The summed E-state index contributed by atoms with van der Waals surface area (Å²) in [6, 6.07) is 6.34. The van der Waals surface area contributed by atoms with E-state index in [2.05, 4.69) is 9.71 Å². The highest BCUT2D eigenvalue weighted by Gasteiger charge is 2.16. The van der Waals surface area contributed by atoms with Crippen LogP contribution in [0, 0.1) is 25.2 Å². The number of nitrogens with one attached hydrogen (secondary N) is 1. The summed E-state index contributed by atoms with van der Waals surface area (Å²) in [6.45, 7) is 3.40. The van der Waals surface area contributed by atoms with E-state index in [9.17, 15) is 8.42 Å². The molecule has 1 aromatic heterocycles. The highest BCUT2D eigenvalue weighted by atomic mass is 32.2. The number of hydrogen-bond donors (Lipinski definition) is 1. The first-order valence-corrected chi connectivity index (χ1v) is 7.32. The van der Waals surface area contributed by atoms with Gasteiger partial charge < -0.3 is 4.42 Å². The van der Waals surface area contributed by atoms with Crippen LogP contribution in [0.15, 0.2) is 33.7 Å². The zero-order valence-electron chi connectivity index (χ0n) is 11.0. The number of oxazole rings is 1. The molecule has 6 nitrogen and oxygen atoms in total. The summed E-state index contributed by atoms with van der Waals surface area (Å²) in [4.78, 5) is 4.03. The van der Waals surface area contributed by atoms with Crippen LogP contribution in [-0.2, 0) is 16.6 Å². The molecule has 0 amide bonds. The second kappa shape index (κ2) is 5.45. The number of nitriles is 1. The number of benzene rings is 1. The van der Waals surface area contributed by atoms with Crippen molar-refractivity contribution in [2.45, 2.75) is 25.3 Å². The van der Waals surface area contributed by atoms with E-state index in [0.717, 1.165) is 0 Å². The highest BCUT2D eigenvalue weighted by Crippen LogP contribution is 2.15. The molecule has 0 fully saturated rings. The molecular formula is C13H13N3O3S. The van der Waals surface area contributed by atoms with Crippen molar-refractivity contribution in [3.8, 4) is 6.07 Å². The van der Waals surface area contributed by atoms with Crippen LogP contribution in [0.3, 0.4) is 0 Å². The molecule has 104 valence electrons. The van der Waals surface area contributed by atoms with Crippen molar-refractivity contribution < 1.29 is 12.8 Å². The van der Waals surface area contributed by atoms with E-state index in [4.69, 9.17) is 9.68 Å². The zero-order chi connectivity index (χ0) is 14.8. The van der Waals surface area contributed by atoms with Gasteiger partial charge in [-0.1, -0.05) is 0 Å². The maximum absolute atomic E-state index is 12.1. The molecule has 2 aromatic rings. The lowest BCUT2D eigenvalue weighted by atomic mass is 10.1. The Kier molecular flexibility index (Phi) is 3.88. The van der Waals surface area contributed by atoms with Crippen LogP contribution in [0.25, 0.3) is 0 Å². The van der Waals surface area contributed by atoms with Crippen molar-refractivity contribution in [1.29, 1.82) is 5.26 Å². The van der Waals surface area contributed by atoms with E-state index in [0.29, 0.717) is 22.8 Å². The second-order valence-electron chi connectivity index (χ2n) is 4.28. The minimum absolute atomic E-state index is 0.0186. The summed E-state index contributed by atoms with van der Waals surface area (Å²) in [5, 5.41) is 8.83. The van der Waals surface area contributed by atoms with Gasteiger partial charge in [-0.15, -0.1) is 0 Å². The fourth-order valence-corrected chi connectivity index (χ4v) is 2.71. The van der Waals surface area contributed by atoms with Gasteiger partial charge in [0, 0.05) is 0 Å². The molecule has 0 aliphatic heterocycles. The van der Waals surface area contributed by atoms with Crippen molar-refractivity contribution >= 4 is 10.0 Å². The third kappa shape index (κ3) is 3.04. The van der Waals surface area contributed by atoms with Gasteiger partial charge in [0.05, 0.1) is 29.3 Å². The molecule has 0 radical (unpaired) electrons. The minimum Gasteiger partial charge on any atom is -0.445 e. The van der Waals surface area contributed by atoms with Crippen LogP contribution in [0.4, 0.5) is 0 Å². The topological polar surface area (TPSA) is 96.0 Å². The quantitative estimate of drug-likeness (QED) is 0.923. The second-order valence-corrected chi connectivity index (χ2v) is 6.04. The van der Waals surface area contributed by atoms with Crippen molar-refractivity contribution in [1.82, 2.24) is 9.71 Å². The van der Waals surface area contributed by atoms with Crippen LogP contribution in [0.5, 0.6) is 0 Å². The van der Waals surface area contributed by atoms with E-state index in [1.807, 2.05) is 6.07 Å². The largest absolute Gasteiger partial charge is 0.445 e. The van der Waals surface area contributed by atoms with Crippen molar-refractivity contribution in [3.05, 3.63) is 47.2 Å². The summed E-state index contributed by atoms with van der Waals surface area (Å²) in [5.41, 5.74) is 1.06. The smallest absolute Gasteiger partial charge is 0.241 e. The third-order valence-electron chi connectivity index (χ3n) is 2.71.